The van der Waals surface area contributed by atoms with Crippen molar-refractivity contribution in [2.45, 2.75) is 25.4 Å². The molecule has 3 aliphatic carbocycles. The molecule has 5 atom stereocenters. The minimum Gasteiger partial charge on any atom is -0.481 e. The maximum atomic E-state index is 11.8. The summed E-state index contributed by atoms with van der Waals surface area (Å²) in [6, 6.07) is 0. The third-order valence-corrected chi connectivity index (χ3v) is 5.21. The Morgan fingerprint density at radius 2 is 2.29 bits per heavy atom. The number of methoxy groups -OCH3 is 1. The van der Waals surface area contributed by atoms with Crippen LogP contribution in [0.15, 0.2) is 36.0 Å². The zero-order valence-electron chi connectivity index (χ0n) is 12.1. The van der Waals surface area contributed by atoms with E-state index < -0.39 is 11.4 Å². The van der Waals surface area contributed by atoms with Crippen LogP contribution in [0.2, 0.25) is 0 Å². The van der Waals surface area contributed by atoms with Gasteiger partial charge in [0.25, 0.3) is 0 Å². The molecule has 3 rings (SSSR count). The molecule has 1 fully saturated rings. The summed E-state index contributed by atoms with van der Waals surface area (Å²) in [6.07, 6.45) is 12.8. The van der Waals surface area contributed by atoms with Crippen LogP contribution in [0.3, 0.4) is 0 Å². The summed E-state index contributed by atoms with van der Waals surface area (Å²) in [5, 5.41) is 9.68. The van der Waals surface area contributed by atoms with Crippen LogP contribution in [0.4, 0.5) is 0 Å². The first-order valence-electron chi connectivity index (χ1n) is 7.41. The second kappa shape index (κ2) is 5.26. The number of carbonyl (C=O) groups excluding carboxylic acids is 1. The SMILES string of the molecule is COC(C1=CCC=CC1C=O)C1C2C=CCCC21C(=O)O. The fraction of sp³-hybridized carbons (Fsp3) is 0.529. The lowest BCUT2D eigenvalue weighted by molar-refractivity contribution is -0.145. The Bertz CT molecular complexity index is 545. The summed E-state index contributed by atoms with van der Waals surface area (Å²) in [7, 11) is 1.61. The Morgan fingerprint density at radius 3 is 2.90 bits per heavy atom. The molecule has 0 aliphatic heterocycles. The summed E-state index contributed by atoms with van der Waals surface area (Å²) in [5.41, 5.74) is 0.216. The van der Waals surface area contributed by atoms with Crippen LogP contribution in [0.5, 0.6) is 0 Å². The van der Waals surface area contributed by atoms with E-state index in [2.05, 4.69) is 6.08 Å². The van der Waals surface area contributed by atoms with Gasteiger partial charge in [-0.2, -0.15) is 0 Å². The normalized spacial score (nSPS) is 38.3. The van der Waals surface area contributed by atoms with Gasteiger partial charge in [0.05, 0.1) is 17.4 Å². The summed E-state index contributed by atoms with van der Waals surface area (Å²) >= 11 is 0. The summed E-state index contributed by atoms with van der Waals surface area (Å²) in [4.78, 5) is 23.1. The second-order valence-electron chi connectivity index (χ2n) is 6.05. The standard InChI is InChI=1S/C17H20O4/c1-21-15(12-7-3-2-6-11(12)10-18)14-13-8-4-5-9-17(13,14)16(19)20/h2,4,6-8,10-11,13-15H,3,5,9H2,1H3,(H,19,20). The number of fused-ring (bicyclic) bond motifs is 1. The Balaban J connectivity index is 1.91. The van der Waals surface area contributed by atoms with Crippen molar-refractivity contribution < 1.29 is 19.4 Å². The molecule has 4 heteroatoms. The molecule has 21 heavy (non-hydrogen) atoms. The van der Waals surface area contributed by atoms with Crippen LogP contribution in [0.25, 0.3) is 0 Å². The molecule has 0 radical (unpaired) electrons. The van der Waals surface area contributed by atoms with E-state index in [1.807, 2.05) is 24.3 Å². The molecule has 0 aromatic carbocycles. The molecule has 0 heterocycles. The van der Waals surface area contributed by atoms with Gasteiger partial charge in [-0.25, -0.2) is 0 Å². The molecular weight excluding hydrogens is 268 g/mol. The van der Waals surface area contributed by atoms with Crippen molar-refractivity contribution in [3.63, 3.8) is 0 Å². The number of hydrogen-bond donors (Lipinski definition) is 1. The number of aldehydes is 1. The lowest BCUT2D eigenvalue weighted by atomic mass is 9.85. The van der Waals surface area contributed by atoms with E-state index >= 15 is 0 Å². The lowest BCUT2D eigenvalue weighted by Crippen LogP contribution is -2.29. The zero-order valence-corrected chi connectivity index (χ0v) is 12.1. The van der Waals surface area contributed by atoms with Crippen molar-refractivity contribution in [1.82, 2.24) is 0 Å². The molecule has 0 saturated heterocycles. The highest BCUT2D eigenvalue weighted by Gasteiger charge is 2.71. The third kappa shape index (κ3) is 2.01. The highest BCUT2D eigenvalue weighted by atomic mass is 16.5. The van der Waals surface area contributed by atoms with Crippen molar-refractivity contribution in [3.8, 4) is 0 Å². The monoisotopic (exact) mass is 288 g/mol. The molecule has 1 saturated carbocycles. The molecule has 112 valence electrons. The van der Waals surface area contributed by atoms with Gasteiger partial charge in [-0.15, -0.1) is 0 Å². The van der Waals surface area contributed by atoms with Crippen LogP contribution in [-0.2, 0) is 14.3 Å². The molecule has 4 nitrogen and oxygen atoms in total. The largest absolute Gasteiger partial charge is 0.481 e. The quantitative estimate of drug-likeness (QED) is 0.623. The molecule has 1 N–H and O–H groups in total. The maximum absolute atomic E-state index is 11.8. The highest BCUT2D eigenvalue weighted by Crippen LogP contribution is 2.67. The molecule has 0 bridgehead atoms. The fourth-order valence-corrected chi connectivity index (χ4v) is 4.14. The third-order valence-electron chi connectivity index (χ3n) is 5.21. The molecule has 0 aromatic rings. The van der Waals surface area contributed by atoms with Gasteiger partial charge in [-0.1, -0.05) is 30.4 Å². The highest BCUT2D eigenvalue weighted by molar-refractivity contribution is 5.81. The average molecular weight is 288 g/mol. The Labute approximate surface area is 124 Å². The van der Waals surface area contributed by atoms with E-state index in [4.69, 9.17) is 4.74 Å². The van der Waals surface area contributed by atoms with Crippen molar-refractivity contribution in [3.05, 3.63) is 36.0 Å². The molecule has 3 aliphatic rings. The first-order chi connectivity index (χ1) is 10.2. The van der Waals surface area contributed by atoms with Crippen molar-refractivity contribution in [1.29, 1.82) is 0 Å². The predicted molar refractivity (Wildman–Crippen MR) is 77.6 cm³/mol. The van der Waals surface area contributed by atoms with E-state index in [1.165, 1.54) is 0 Å². The number of carboxylic acid groups (broad SMARTS) is 1. The Hall–Kier alpha value is -1.68. The van der Waals surface area contributed by atoms with Gasteiger partial charge < -0.3 is 14.6 Å². The smallest absolute Gasteiger partial charge is 0.310 e. The van der Waals surface area contributed by atoms with Gasteiger partial charge in [0.1, 0.15) is 6.29 Å². The average Bonchev–Trinajstić information content (AvgIpc) is 3.19. The molecule has 0 amide bonds. The Morgan fingerprint density at radius 1 is 1.48 bits per heavy atom. The minimum absolute atomic E-state index is 0.0211. The van der Waals surface area contributed by atoms with Crippen molar-refractivity contribution >= 4 is 12.3 Å². The van der Waals surface area contributed by atoms with E-state index in [1.54, 1.807) is 7.11 Å². The number of aliphatic carboxylic acids is 1. The van der Waals surface area contributed by atoms with Gasteiger partial charge in [-0.3, -0.25) is 4.79 Å². The van der Waals surface area contributed by atoms with E-state index in [0.29, 0.717) is 6.42 Å². The predicted octanol–water partition coefficient (Wildman–Crippen LogP) is 2.37. The second-order valence-corrected chi connectivity index (χ2v) is 6.05. The number of hydrogen-bond acceptors (Lipinski definition) is 3. The Kier molecular flexibility index (Phi) is 3.57. The van der Waals surface area contributed by atoms with Gasteiger partial charge in [0.15, 0.2) is 0 Å². The summed E-state index contributed by atoms with van der Waals surface area (Å²) in [5.74, 6) is -1.08. The van der Waals surface area contributed by atoms with Crippen molar-refractivity contribution in [2.75, 3.05) is 7.11 Å². The van der Waals surface area contributed by atoms with E-state index in [-0.39, 0.29) is 23.9 Å². The van der Waals surface area contributed by atoms with Crippen LogP contribution < -0.4 is 0 Å². The topological polar surface area (TPSA) is 63.6 Å². The van der Waals surface area contributed by atoms with Gasteiger partial charge in [-0.05, 0) is 24.8 Å². The number of rotatable bonds is 5. The lowest BCUT2D eigenvalue weighted by Gasteiger charge is -2.25. The fourth-order valence-electron chi connectivity index (χ4n) is 4.14. The van der Waals surface area contributed by atoms with Gasteiger partial charge in [0.2, 0.25) is 0 Å². The molecular formula is C17H20O4. The van der Waals surface area contributed by atoms with Gasteiger partial charge in [0, 0.05) is 18.9 Å². The molecule has 0 aromatic heterocycles. The first-order valence-corrected chi connectivity index (χ1v) is 7.41. The van der Waals surface area contributed by atoms with Crippen LogP contribution in [0, 0.1) is 23.2 Å². The van der Waals surface area contributed by atoms with Crippen molar-refractivity contribution in [2.24, 2.45) is 23.2 Å². The maximum Gasteiger partial charge on any atom is 0.310 e. The van der Waals surface area contributed by atoms with E-state index in [0.717, 1.165) is 24.7 Å². The van der Waals surface area contributed by atoms with Crippen LogP contribution in [-0.4, -0.2) is 30.6 Å². The van der Waals surface area contributed by atoms with E-state index in [9.17, 15) is 14.7 Å². The minimum atomic E-state index is -0.737. The van der Waals surface area contributed by atoms with Crippen LogP contribution >= 0.6 is 0 Å². The number of carboxylic acids is 1. The zero-order chi connectivity index (χ0) is 15.0. The van der Waals surface area contributed by atoms with Crippen LogP contribution in [0.1, 0.15) is 19.3 Å². The summed E-state index contributed by atoms with van der Waals surface area (Å²) in [6.45, 7) is 0. The van der Waals surface area contributed by atoms with Gasteiger partial charge >= 0.3 is 5.97 Å². The molecule has 5 unspecified atom stereocenters. The number of carbonyl (C=O) groups is 2. The number of ether oxygens (including phenoxy) is 1. The molecule has 0 spiro atoms. The summed E-state index contributed by atoms with van der Waals surface area (Å²) < 4.78 is 5.65. The first kappa shape index (κ1) is 14.3. The number of allylic oxidation sites excluding steroid dienone is 5.